The van der Waals surface area contributed by atoms with Gasteiger partial charge < -0.3 is 15.7 Å². The minimum atomic E-state index is -0.0985. The fourth-order valence-corrected chi connectivity index (χ4v) is 4.30. The Bertz CT molecular complexity index is 546. The van der Waals surface area contributed by atoms with E-state index in [1.54, 1.807) is 0 Å². The van der Waals surface area contributed by atoms with Gasteiger partial charge in [-0.2, -0.15) is 0 Å². The smallest absolute Gasteiger partial charge is 0.315 e. The molecule has 2 amide bonds. The van der Waals surface area contributed by atoms with Gasteiger partial charge >= 0.3 is 6.03 Å². The van der Waals surface area contributed by atoms with Crippen molar-refractivity contribution in [3.8, 4) is 0 Å². The normalized spacial score (nSPS) is 27.3. The van der Waals surface area contributed by atoms with Crippen molar-refractivity contribution in [2.75, 3.05) is 26.2 Å². The zero-order valence-corrected chi connectivity index (χ0v) is 14.8. The van der Waals surface area contributed by atoms with E-state index in [4.69, 9.17) is 5.11 Å². The maximum atomic E-state index is 12.0. The molecule has 1 aliphatic heterocycles. The second-order valence-corrected chi connectivity index (χ2v) is 7.88. The average molecular weight is 350 g/mol. The first kappa shape index (κ1) is 17.5. The molecule has 6 heteroatoms. The molecule has 0 radical (unpaired) electrons. The number of urea groups is 1. The van der Waals surface area contributed by atoms with Crippen LogP contribution in [0.1, 0.15) is 24.1 Å². The Morgan fingerprint density at radius 2 is 2.33 bits per heavy atom. The van der Waals surface area contributed by atoms with Crippen LogP contribution in [0, 0.1) is 11.8 Å². The lowest BCUT2D eigenvalue weighted by atomic mass is 9.98. The van der Waals surface area contributed by atoms with Crippen molar-refractivity contribution in [2.45, 2.75) is 31.8 Å². The number of piperidine rings is 1. The molecule has 3 rings (SSSR count). The number of nitrogens with one attached hydrogen (secondary N) is 2. The maximum Gasteiger partial charge on any atom is 0.315 e. The van der Waals surface area contributed by atoms with Crippen molar-refractivity contribution < 1.29 is 9.90 Å². The molecule has 3 atom stereocenters. The summed E-state index contributed by atoms with van der Waals surface area (Å²) in [6.45, 7) is 4.10. The van der Waals surface area contributed by atoms with E-state index in [0.29, 0.717) is 5.92 Å². The van der Waals surface area contributed by atoms with Crippen LogP contribution in [0.25, 0.3) is 0 Å². The summed E-state index contributed by atoms with van der Waals surface area (Å²) in [6, 6.07) is 4.24. The summed E-state index contributed by atoms with van der Waals surface area (Å²) < 4.78 is 0. The molecule has 1 aromatic heterocycles. The van der Waals surface area contributed by atoms with Gasteiger partial charge in [-0.05, 0) is 43.2 Å². The molecule has 1 aromatic rings. The Labute approximate surface area is 147 Å². The number of nitrogens with zero attached hydrogens (tertiary/aromatic N) is 1. The molecule has 3 N–H and O–H groups in total. The van der Waals surface area contributed by atoms with Crippen LogP contribution in [0.2, 0.25) is 0 Å². The van der Waals surface area contributed by atoms with Crippen molar-refractivity contribution >= 4 is 17.4 Å². The number of thiophene rings is 1. The fourth-order valence-electron chi connectivity index (χ4n) is 3.56. The lowest BCUT2D eigenvalue weighted by Crippen LogP contribution is -2.45. The van der Waals surface area contributed by atoms with Crippen LogP contribution >= 0.6 is 11.3 Å². The summed E-state index contributed by atoms with van der Waals surface area (Å²) in [5, 5.41) is 17.2. The summed E-state index contributed by atoms with van der Waals surface area (Å²) in [5.41, 5.74) is 0. The van der Waals surface area contributed by atoms with E-state index in [1.165, 1.54) is 17.7 Å². The van der Waals surface area contributed by atoms with E-state index < -0.39 is 0 Å². The van der Waals surface area contributed by atoms with E-state index in [2.05, 4.69) is 33.0 Å². The minimum absolute atomic E-state index is 0.0452. The average Bonchev–Trinajstić information content (AvgIpc) is 3.25. The van der Waals surface area contributed by atoms with Crippen LogP contribution in [-0.2, 0) is 6.54 Å². The van der Waals surface area contributed by atoms with Gasteiger partial charge in [0.2, 0.25) is 0 Å². The number of carbonyl (C=O) groups excluding carboxylic acids is 1. The molecule has 1 fully saturated rings. The number of amides is 2. The largest absolute Gasteiger partial charge is 0.396 e. The first-order valence-electron chi connectivity index (χ1n) is 8.81. The fraction of sp³-hybridized carbons (Fsp3) is 0.611. The molecule has 0 saturated carbocycles. The summed E-state index contributed by atoms with van der Waals surface area (Å²) in [5.74, 6) is 0.702. The number of aliphatic hydroxyl groups is 1. The molecule has 2 heterocycles. The number of rotatable bonds is 6. The van der Waals surface area contributed by atoms with Gasteiger partial charge in [0.25, 0.3) is 0 Å². The number of aliphatic hydroxyl groups excluding tert-OH is 1. The third-order valence-electron chi connectivity index (χ3n) is 4.84. The monoisotopic (exact) mass is 349 g/mol. The topological polar surface area (TPSA) is 64.6 Å². The Kier molecular flexibility index (Phi) is 6.29. The van der Waals surface area contributed by atoms with E-state index in [0.717, 1.165) is 32.6 Å². The van der Waals surface area contributed by atoms with Gasteiger partial charge in [-0.15, -0.1) is 11.3 Å². The third-order valence-corrected chi connectivity index (χ3v) is 5.70. The van der Waals surface area contributed by atoms with Gasteiger partial charge in [0, 0.05) is 43.1 Å². The molecule has 5 nitrogen and oxygen atoms in total. The van der Waals surface area contributed by atoms with Crippen molar-refractivity contribution in [2.24, 2.45) is 11.8 Å². The number of likely N-dealkylation sites (tertiary alicyclic amines) is 1. The second kappa shape index (κ2) is 8.65. The molecule has 24 heavy (non-hydrogen) atoms. The van der Waals surface area contributed by atoms with Crippen LogP contribution in [0.5, 0.6) is 0 Å². The molecule has 1 aliphatic carbocycles. The van der Waals surface area contributed by atoms with E-state index >= 15 is 0 Å². The van der Waals surface area contributed by atoms with Crippen molar-refractivity contribution in [1.82, 2.24) is 15.5 Å². The van der Waals surface area contributed by atoms with Gasteiger partial charge in [0.15, 0.2) is 0 Å². The van der Waals surface area contributed by atoms with Crippen LogP contribution in [0.3, 0.4) is 0 Å². The Balaban J connectivity index is 1.36. The summed E-state index contributed by atoms with van der Waals surface area (Å²) in [6.07, 6.45) is 7.13. The molecular formula is C18H27N3O2S. The predicted octanol–water partition coefficient (Wildman–Crippen LogP) is 2.20. The molecule has 1 unspecified atom stereocenters. The zero-order chi connectivity index (χ0) is 16.8. The highest BCUT2D eigenvalue weighted by atomic mass is 32.1. The van der Waals surface area contributed by atoms with Gasteiger partial charge in [-0.3, -0.25) is 4.90 Å². The summed E-state index contributed by atoms with van der Waals surface area (Å²) in [4.78, 5) is 15.9. The lowest BCUT2D eigenvalue weighted by Gasteiger charge is -2.32. The molecule has 0 bridgehead atoms. The summed E-state index contributed by atoms with van der Waals surface area (Å²) in [7, 11) is 0. The Morgan fingerprint density at radius 3 is 3.08 bits per heavy atom. The second-order valence-electron chi connectivity index (χ2n) is 6.85. The zero-order valence-electron chi connectivity index (χ0n) is 14.0. The quantitative estimate of drug-likeness (QED) is 0.690. The Hall–Kier alpha value is -1.37. The van der Waals surface area contributed by atoms with Crippen molar-refractivity contribution in [3.05, 3.63) is 34.5 Å². The van der Waals surface area contributed by atoms with E-state index in [-0.39, 0.29) is 24.6 Å². The van der Waals surface area contributed by atoms with E-state index in [9.17, 15) is 4.79 Å². The van der Waals surface area contributed by atoms with Gasteiger partial charge in [0.1, 0.15) is 0 Å². The molecule has 0 spiro atoms. The Morgan fingerprint density at radius 1 is 1.42 bits per heavy atom. The summed E-state index contributed by atoms with van der Waals surface area (Å²) >= 11 is 1.81. The first-order valence-corrected chi connectivity index (χ1v) is 9.69. The van der Waals surface area contributed by atoms with Gasteiger partial charge in [0.05, 0.1) is 0 Å². The van der Waals surface area contributed by atoms with Crippen molar-refractivity contribution in [3.63, 3.8) is 0 Å². The van der Waals surface area contributed by atoms with Crippen LogP contribution in [0.4, 0.5) is 4.79 Å². The standard InChI is InChI=1S/C18H27N3O2S/c22-13-14-5-6-16(9-14)20-18(23)19-10-15-3-1-7-21(11-15)12-17-4-2-8-24-17/h2,4-6,8,14-16,22H,1,3,7,9-13H2,(H2,19,20,23)/t14-,15?,16+/m0/s1. The van der Waals surface area contributed by atoms with Gasteiger partial charge in [-0.25, -0.2) is 4.79 Å². The first-order chi connectivity index (χ1) is 11.7. The molecular weight excluding hydrogens is 322 g/mol. The highest BCUT2D eigenvalue weighted by molar-refractivity contribution is 7.09. The molecule has 132 valence electrons. The predicted molar refractivity (Wildman–Crippen MR) is 97.0 cm³/mol. The number of hydrogen-bond acceptors (Lipinski definition) is 4. The van der Waals surface area contributed by atoms with Crippen LogP contribution < -0.4 is 10.6 Å². The molecule has 0 aromatic carbocycles. The molecule has 2 aliphatic rings. The lowest BCUT2D eigenvalue weighted by molar-refractivity contribution is 0.166. The number of hydrogen-bond donors (Lipinski definition) is 3. The minimum Gasteiger partial charge on any atom is -0.396 e. The van der Waals surface area contributed by atoms with E-state index in [1.807, 2.05) is 23.5 Å². The SMILES string of the molecule is O=C(NCC1CCCN(Cc2cccs2)C1)N[C@@H]1C=C[C@H](CO)C1. The van der Waals surface area contributed by atoms with Gasteiger partial charge in [-0.1, -0.05) is 18.2 Å². The number of carbonyl (C=O) groups is 1. The highest BCUT2D eigenvalue weighted by Crippen LogP contribution is 2.20. The van der Waals surface area contributed by atoms with Crippen molar-refractivity contribution in [1.29, 1.82) is 0 Å². The highest BCUT2D eigenvalue weighted by Gasteiger charge is 2.22. The van der Waals surface area contributed by atoms with Crippen LogP contribution in [-0.4, -0.2) is 48.3 Å². The molecule has 1 saturated heterocycles. The maximum absolute atomic E-state index is 12.0. The third kappa shape index (κ3) is 5.06. The van der Waals surface area contributed by atoms with Crippen LogP contribution in [0.15, 0.2) is 29.7 Å².